The molecule has 1 atom stereocenters. The van der Waals surface area contributed by atoms with E-state index in [9.17, 15) is 4.79 Å². The van der Waals surface area contributed by atoms with Crippen LogP contribution in [0.5, 0.6) is 11.5 Å². The van der Waals surface area contributed by atoms with E-state index in [0.29, 0.717) is 29.1 Å². The van der Waals surface area contributed by atoms with Gasteiger partial charge in [0, 0.05) is 11.6 Å². The van der Waals surface area contributed by atoms with Crippen LogP contribution in [-0.2, 0) is 4.74 Å². The fraction of sp³-hybridized carbons (Fsp3) is 0.250. The van der Waals surface area contributed by atoms with Crippen molar-refractivity contribution < 1.29 is 18.6 Å². The Morgan fingerprint density at radius 2 is 1.92 bits per heavy atom. The van der Waals surface area contributed by atoms with Crippen LogP contribution in [0.4, 0.5) is 0 Å². The summed E-state index contributed by atoms with van der Waals surface area (Å²) >= 11 is 0. The van der Waals surface area contributed by atoms with Crippen LogP contribution >= 0.6 is 0 Å². The second-order valence-electron chi connectivity index (χ2n) is 6.11. The first-order valence-corrected chi connectivity index (χ1v) is 8.11. The van der Waals surface area contributed by atoms with Crippen LogP contribution in [0.3, 0.4) is 0 Å². The first-order valence-electron chi connectivity index (χ1n) is 8.11. The summed E-state index contributed by atoms with van der Waals surface area (Å²) in [6.07, 6.45) is 0.219. The molecule has 1 aromatic heterocycles. The predicted molar refractivity (Wildman–Crippen MR) is 94.4 cm³/mol. The van der Waals surface area contributed by atoms with Gasteiger partial charge < -0.3 is 18.6 Å². The topological polar surface area (TPSA) is 61.2 Å². The summed E-state index contributed by atoms with van der Waals surface area (Å²) in [7, 11) is 1.55. The highest BCUT2D eigenvalue weighted by Crippen LogP contribution is 2.29. The molecule has 0 N–H and O–H groups in total. The molecular weight excluding hydrogens is 320 g/mol. The van der Waals surface area contributed by atoms with Gasteiger partial charge in [0.1, 0.15) is 40.9 Å². The van der Waals surface area contributed by atoms with E-state index < -0.39 is 0 Å². The Balaban J connectivity index is 1.70. The maximum atomic E-state index is 12.5. The van der Waals surface area contributed by atoms with Crippen molar-refractivity contribution in [3.8, 4) is 22.8 Å². The van der Waals surface area contributed by atoms with Crippen molar-refractivity contribution in [1.82, 2.24) is 0 Å². The van der Waals surface area contributed by atoms with Crippen molar-refractivity contribution >= 4 is 11.0 Å². The van der Waals surface area contributed by atoms with Gasteiger partial charge in [0.15, 0.2) is 5.43 Å². The van der Waals surface area contributed by atoms with Crippen LogP contribution in [0.25, 0.3) is 22.3 Å². The van der Waals surface area contributed by atoms with Gasteiger partial charge in [-0.05, 0) is 48.9 Å². The molecule has 0 spiro atoms. The minimum atomic E-state index is -0.126. The minimum absolute atomic E-state index is 0.126. The maximum Gasteiger partial charge on any atom is 0.197 e. The summed E-state index contributed by atoms with van der Waals surface area (Å²) in [6, 6.07) is 12.6. The molecule has 2 heterocycles. The highest BCUT2D eigenvalue weighted by molar-refractivity contribution is 5.85. The van der Waals surface area contributed by atoms with E-state index in [1.165, 1.54) is 6.07 Å². The summed E-state index contributed by atoms with van der Waals surface area (Å²) in [6.45, 7) is 3.26. The van der Waals surface area contributed by atoms with Crippen molar-refractivity contribution in [3.05, 3.63) is 58.3 Å². The zero-order valence-electron chi connectivity index (χ0n) is 14.1. The molecule has 1 aliphatic heterocycles. The first-order chi connectivity index (χ1) is 12.1. The molecule has 1 saturated heterocycles. The SMILES string of the molecule is COc1cc(C)cc2oc(-c3ccc(OCC4CO4)cc3)cc(=O)c12. The van der Waals surface area contributed by atoms with E-state index in [2.05, 4.69) is 0 Å². The number of hydrogen-bond donors (Lipinski definition) is 0. The van der Waals surface area contributed by atoms with E-state index in [1.54, 1.807) is 7.11 Å². The second kappa shape index (κ2) is 6.26. The smallest absolute Gasteiger partial charge is 0.197 e. The van der Waals surface area contributed by atoms with Gasteiger partial charge in [-0.3, -0.25) is 4.79 Å². The summed E-state index contributed by atoms with van der Waals surface area (Å²) in [5, 5.41) is 0.459. The first kappa shape index (κ1) is 15.7. The van der Waals surface area contributed by atoms with E-state index in [0.717, 1.165) is 23.5 Å². The molecule has 0 saturated carbocycles. The third kappa shape index (κ3) is 3.23. The molecule has 5 nitrogen and oxygen atoms in total. The average molecular weight is 338 g/mol. The average Bonchev–Trinajstić information content (AvgIpc) is 3.43. The van der Waals surface area contributed by atoms with Gasteiger partial charge in [0.2, 0.25) is 0 Å². The predicted octanol–water partition coefficient (Wildman–Crippen LogP) is 3.55. The zero-order chi connectivity index (χ0) is 17.4. The Morgan fingerprint density at radius 1 is 1.16 bits per heavy atom. The number of aryl methyl sites for hydroxylation is 1. The molecule has 1 fully saturated rings. The van der Waals surface area contributed by atoms with Crippen LogP contribution in [0.1, 0.15) is 5.56 Å². The number of methoxy groups -OCH3 is 1. The van der Waals surface area contributed by atoms with Crippen molar-refractivity contribution in [2.24, 2.45) is 0 Å². The number of fused-ring (bicyclic) bond motifs is 1. The minimum Gasteiger partial charge on any atom is -0.496 e. The van der Waals surface area contributed by atoms with Crippen molar-refractivity contribution in [1.29, 1.82) is 0 Å². The van der Waals surface area contributed by atoms with Gasteiger partial charge in [-0.2, -0.15) is 0 Å². The third-order valence-electron chi connectivity index (χ3n) is 4.14. The lowest BCUT2D eigenvalue weighted by molar-refractivity contribution is 0.263. The van der Waals surface area contributed by atoms with Gasteiger partial charge in [-0.15, -0.1) is 0 Å². The zero-order valence-corrected chi connectivity index (χ0v) is 14.1. The summed E-state index contributed by atoms with van der Waals surface area (Å²) in [5.74, 6) is 1.81. The van der Waals surface area contributed by atoms with Crippen LogP contribution in [0.2, 0.25) is 0 Å². The standard InChI is InChI=1S/C20H18O5/c1-12-7-18(22-2)20-16(21)9-17(25-19(20)8-12)13-3-5-14(6-4-13)23-10-15-11-24-15/h3-9,15H,10-11H2,1-2H3. The van der Waals surface area contributed by atoms with Crippen LogP contribution < -0.4 is 14.9 Å². The van der Waals surface area contributed by atoms with Crippen molar-refractivity contribution in [2.45, 2.75) is 13.0 Å². The highest BCUT2D eigenvalue weighted by Gasteiger charge is 2.23. The number of ether oxygens (including phenoxy) is 3. The summed E-state index contributed by atoms with van der Waals surface area (Å²) < 4.78 is 22.0. The Labute approximate surface area is 144 Å². The van der Waals surface area contributed by atoms with E-state index in [-0.39, 0.29) is 11.5 Å². The number of hydrogen-bond acceptors (Lipinski definition) is 5. The van der Waals surface area contributed by atoms with E-state index in [1.807, 2.05) is 43.3 Å². The lowest BCUT2D eigenvalue weighted by Crippen LogP contribution is -2.04. The quantitative estimate of drug-likeness (QED) is 0.666. The monoisotopic (exact) mass is 338 g/mol. The van der Waals surface area contributed by atoms with Crippen LogP contribution in [0.15, 0.2) is 51.7 Å². The molecule has 0 amide bonds. The highest BCUT2D eigenvalue weighted by atomic mass is 16.6. The van der Waals surface area contributed by atoms with Gasteiger partial charge in [0.05, 0.1) is 13.7 Å². The molecule has 0 aliphatic carbocycles. The molecule has 5 heteroatoms. The van der Waals surface area contributed by atoms with Crippen molar-refractivity contribution in [3.63, 3.8) is 0 Å². The van der Waals surface area contributed by atoms with Crippen molar-refractivity contribution in [2.75, 3.05) is 20.3 Å². The van der Waals surface area contributed by atoms with Crippen LogP contribution in [0, 0.1) is 6.92 Å². The third-order valence-corrected chi connectivity index (χ3v) is 4.14. The molecule has 2 aromatic carbocycles. The van der Waals surface area contributed by atoms with E-state index in [4.69, 9.17) is 18.6 Å². The summed E-state index contributed by atoms with van der Waals surface area (Å²) in [5.41, 5.74) is 2.18. The molecule has 0 bridgehead atoms. The molecule has 128 valence electrons. The molecule has 4 rings (SSSR count). The molecule has 25 heavy (non-hydrogen) atoms. The van der Waals surface area contributed by atoms with Gasteiger partial charge in [-0.25, -0.2) is 0 Å². The second-order valence-corrected chi connectivity index (χ2v) is 6.11. The van der Waals surface area contributed by atoms with E-state index >= 15 is 0 Å². The molecular formula is C20H18O5. The molecule has 3 aromatic rings. The van der Waals surface area contributed by atoms with Crippen LogP contribution in [-0.4, -0.2) is 26.4 Å². The lowest BCUT2D eigenvalue weighted by atomic mass is 10.1. The number of rotatable bonds is 5. The number of epoxide rings is 1. The largest absolute Gasteiger partial charge is 0.496 e. The Kier molecular flexibility index (Phi) is 3.93. The maximum absolute atomic E-state index is 12.5. The van der Waals surface area contributed by atoms with Gasteiger partial charge in [-0.1, -0.05) is 0 Å². The number of benzene rings is 2. The molecule has 0 radical (unpaired) electrons. The Bertz CT molecular complexity index is 968. The summed E-state index contributed by atoms with van der Waals surface area (Å²) in [4.78, 5) is 12.5. The normalized spacial score (nSPS) is 16.0. The fourth-order valence-electron chi connectivity index (χ4n) is 2.76. The Hall–Kier alpha value is -2.79. The Morgan fingerprint density at radius 3 is 2.60 bits per heavy atom. The molecule has 1 unspecified atom stereocenters. The van der Waals surface area contributed by atoms with Gasteiger partial charge in [0.25, 0.3) is 0 Å². The fourth-order valence-corrected chi connectivity index (χ4v) is 2.76. The lowest BCUT2D eigenvalue weighted by Gasteiger charge is -2.09. The van der Waals surface area contributed by atoms with Gasteiger partial charge >= 0.3 is 0 Å². The molecule has 1 aliphatic rings.